The Labute approximate surface area is 120 Å². The molecule has 2 amide bonds. The van der Waals surface area contributed by atoms with Gasteiger partial charge in [0, 0.05) is 32.3 Å². The molecule has 1 aliphatic heterocycles. The second kappa shape index (κ2) is 8.09. The Morgan fingerprint density at radius 1 is 1.40 bits per heavy atom. The fourth-order valence-electron chi connectivity index (χ4n) is 2.57. The van der Waals surface area contributed by atoms with Gasteiger partial charge in [-0.2, -0.15) is 0 Å². The molecule has 20 heavy (non-hydrogen) atoms. The molecule has 2 atom stereocenters. The molecule has 6 nitrogen and oxygen atoms in total. The van der Waals surface area contributed by atoms with Gasteiger partial charge < -0.3 is 19.6 Å². The molecule has 1 fully saturated rings. The van der Waals surface area contributed by atoms with E-state index in [1.165, 1.54) is 0 Å². The number of nitrogens with zero attached hydrogens (tertiary/aromatic N) is 2. The summed E-state index contributed by atoms with van der Waals surface area (Å²) in [6, 6.07) is -0.0398. The van der Waals surface area contributed by atoms with Gasteiger partial charge >= 0.3 is 12.0 Å². The zero-order chi connectivity index (χ0) is 15.1. The normalized spacial score (nSPS) is 22.6. The van der Waals surface area contributed by atoms with Crippen molar-refractivity contribution >= 4 is 12.0 Å². The smallest absolute Gasteiger partial charge is 0.320 e. The largest absolute Gasteiger partial charge is 0.481 e. The van der Waals surface area contributed by atoms with Gasteiger partial charge in [0.25, 0.3) is 0 Å². The van der Waals surface area contributed by atoms with Crippen LogP contribution >= 0.6 is 0 Å². The summed E-state index contributed by atoms with van der Waals surface area (Å²) >= 11 is 0. The van der Waals surface area contributed by atoms with Crippen LogP contribution in [0.4, 0.5) is 4.79 Å². The number of hydrogen-bond donors (Lipinski definition) is 1. The third kappa shape index (κ3) is 4.37. The number of urea groups is 1. The number of piperidine rings is 1. The van der Waals surface area contributed by atoms with Gasteiger partial charge in [0.05, 0.1) is 12.5 Å². The quantitative estimate of drug-likeness (QED) is 0.754. The van der Waals surface area contributed by atoms with Gasteiger partial charge in [-0.1, -0.05) is 0 Å². The average molecular weight is 286 g/mol. The van der Waals surface area contributed by atoms with Gasteiger partial charge in [0.1, 0.15) is 0 Å². The van der Waals surface area contributed by atoms with Crippen LogP contribution in [-0.2, 0) is 9.53 Å². The SMILES string of the molecule is CCOCCN(CC)C(=O)N1CCC(C(=O)O)CC1C. The topological polar surface area (TPSA) is 70.1 Å². The van der Waals surface area contributed by atoms with Crippen LogP contribution in [0.25, 0.3) is 0 Å². The maximum Gasteiger partial charge on any atom is 0.320 e. The standard InChI is InChI=1S/C14H26N2O4/c1-4-15(8-9-20-5-2)14(19)16-7-6-12(13(17)18)10-11(16)3/h11-12H,4-10H2,1-3H3,(H,17,18). The van der Waals surface area contributed by atoms with Crippen LogP contribution in [0.15, 0.2) is 0 Å². The summed E-state index contributed by atoms with van der Waals surface area (Å²) in [4.78, 5) is 27.0. The van der Waals surface area contributed by atoms with E-state index in [0.29, 0.717) is 45.7 Å². The Kier molecular flexibility index (Phi) is 6.78. The molecule has 1 heterocycles. The van der Waals surface area contributed by atoms with E-state index in [4.69, 9.17) is 9.84 Å². The van der Waals surface area contributed by atoms with E-state index in [9.17, 15) is 9.59 Å². The van der Waals surface area contributed by atoms with Crippen molar-refractivity contribution in [2.45, 2.75) is 39.7 Å². The summed E-state index contributed by atoms with van der Waals surface area (Å²) in [5, 5.41) is 9.05. The van der Waals surface area contributed by atoms with Gasteiger partial charge in [-0.15, -0.1) is 0 Å². The molecular formula is C14H26N2O4. The summed E-state index contributed by atoms with van der Waals surface area (Å²) in [6.45, 7) is 8.70. The number of hydrogen-bond acceptors (Lipinski definition) is 3. The number of aliphatic carboxylic acids is 1. The lowest BCUT2D eigenvalue weighted by Gasteiger charge is -2.39. The number of carboxylic acids is 1. The van der Waals surface area contributed by atoms with E-state index in [-0.39, 0.29) is 18.0 Å². The zero-order valence-corrected chi connectivity index (χ0v) is 12.7. The lowest BCUT2D eigenvalue weighted by atomic mass is 9.92. The molecule has 6 heteroatoms. The zero-order valence-electron chi connectivity index (χ0n) is 12.7. The highest BCUT2D eigenvalue weighted by molar-refractivity contribution is 5.76. The first-order valence-electron chi connectivity index (χ1n) is 7.37. The van der Waals surface area contributed by atoms with Crippen LogP contribution in [0.1, 0.15) is 33.6 Å². The van der Waals surface area contributed by atoms with Crippen LogP contribution in [-0.4, -0.2) is 65.8 Å². The average Bonchev–Trinajstić information content (AvgIpc) is 2.43. The monoisotopic (exact) mass is 286 g/mol. The number of likely N-dealkylation sites (tertiary alicyclic amines) is 1. The molecule has 1 aliphatic rings. The molecule has 0 aromatic carbocycles. The number of amides is 2. The Bertz CT molecular complexity index is 335. The van der Waals surface area contributed by atoms with Crippen LogP contribution < -0.4 is 0 Å². The number of carboxylic acid groups (broad SMARTS) is 1. The molecule has 2 unspecified atom stereocenters. The minimum absolute atomic E-state index is 0.0106. The number of likely N-dealkylation sites (N-methyl/N-ethyl adjacent to an activating group) is 1. The highest BCUT2D eigenvalue weighted by Crippen LogP contribution is 2.24. The molecule has 0 aromatic rings. The van der Waals surface area contributed by atoms with Crippen molar-refractivity contribution < 1.29 is 19.4 Å². The molecule has 116 valence electrons. The van der Waals surface area contributed by atoms with Gasteiger partial charge in [0.2, 0.25) is 0 Å². The summed E-state index contributed by atoms with van der Waals surface area (Å²) in [5.41, 5.74) is 0. The molecule has 0 spiro atoms. The summed E-state index contributed by atoms with van der Waals surface area (Å²) < 4.78 is 5.29. The molecule has 0 saturated carbocycles. The number of rotatable bonds is 6. The van der Waals surface area contributed by atoms with Crippen molar-refractivity contribution in [1.82, 2.24) is 9.80 Å². The van der Waals surface area contributed by atoms with Gasteiger partial charge in [0.15, 0.2) is 0 Å². The first-order chi connectivity index (χ1) is 9.51. The van der Waals surface area contributed by atoms with Gasteiger partial charge in [-0.25, -0.2) is 4.79 Å². The first kappa shape index (κ1) is 16.8. The number of ether oxygens (including phenoxy) is 1. The van der Waals surface area contributed by atoms with Crippen molar-refractivity contribution in [2.75, 3.05) is 32.8 Å². The van der Waals surface area contributed by atoms with E-state index >= 15 is 0 Å². The van der Waals surface area contributed by atoms with Gasteiger partial charge in [-0.05, 0) is 33.6 Å². The molecular weight excluding hydrogens is 260 g/mol. The second-order valence-electron chi connectivity index (χ2n) is 5.16. The van der Waals surface area contributed by atoms with E-state index < -0.39 is 5.97 Å². The number of carbonyl (C=O) groups excluding carboxylic acids is 1. The maximum absolute atomic E-state index is 12.5. The number of carbonyl (C=O) groups is 2. The predicted molar refractivity (Wildman–Crippen MR) is 75.7 cm³/mol. The second-order valence-corrected chi connectivity index (χ2v) is 5.16. The highest BCUT2D eigenvalue weighted by Gasteiger charge is 2.33. The molecule has 0 aliphatic carbocycles. The molecule has 0 radical (unpaired) electrons. The molecule has 1 N–H and O–H groups in total. The van der Waals surface area contributed by atoms with Crippen LogP contribution in [0.3, 0.4) is 0 Å². The minimum Gasteiger partial charge on any atom is -0.481 e. The molecule has 1 saturated heterocycles. The summed E-state index contributed by atoms with van der Waals surface area (Å²) in [6.07, 6.45) is 1.07. The van der Waals surface area contributed by atoms with Crippen molar-refractivity contribution in [3.8, 4) is 0 Å². The third-order valence-corrected chi connectivity index (χ3v) is 3.83. The fraction of sp³-hybridized carbons (Fsp3) is 0.857. The maximum atomic E-state index is 12.5. The van der Waals surface area contributed by atoms with Crippen molar-refractivity contribution in [1.29, 1.82) is 0 Å². The Hall–Kier alpha value is -1.30. The lowest BCUT2D eigenvalue weighted by Crippen LogP contribution is -2.52. The predicted octanol–water partition coefficient (Wildman–Crippen LogP) is 1.65. The minimum atomic E-state index is -0.757. The van der Waals surface area contributed by atoms with E-state index in [2.05, 4.69) is 0 Å². The fourth-order valence-corrected chi connectivity index (χ4v) is 2.57. The van der Waals surface area contributed by atoms with Crippen molar-refractivity contribution in [2.24, 2.45) is 5.92 Å². The Balaban J connectivity index is 2.55. The third-order valence-electron chi connectivity index (χ3n) is 3.83. The summed E-state index contributed by atoms with van der Waals surface area (Å²) in [7, 11) is 0. The van der Waals surface area contributed by atoms with Crippen molar-refractivity contribution in [3.05, 3.63) is 0 Å². The van der Waals surface area contributed by atoms with E-state index in [1.807, 2.05) is 20.8 Å². The van der Waals surface area contributed by atoms with Crippen molar-refractivity contribution in [3.63, 3.8) is 0 Å². The summed E-state index contributed by atoms with van der Waals surface area (Å²) in [5.74, 6) is -1.08. The van der Waals surface area contributed by atoms with Crippen LogP contribution in [0.2, 0.25) is 0 Å². The first-order valence-corrected chi connectivity index (χ1v) is 7.37. The molecule has 0 bridgehead atoms. The van der Waals surface area contributed by atoms with E-state index in [1.54, 1.807) is 9.80 Å². The van der Waals surface area contributed by atoms with Gasteiger partial charge in [-0.3, -0.25) is 4.79 Å². The lowest BCUT2D eigenvalue weighted by molar-refractivity contribution is -0.143. The Morgan fingerprint density at radius 3 is 2.60 bits per heavy atom. The molecule has 0 aromatic heterocycles. The molecule has 1 rings (SSSR count). The Morgan fingerprint density at radius 2 is 2.10 bits per heavy atom. The highest BCUT2D eigenvalue weighted by atomic mass is 16.5. The van der Waals surface area contributed by atoms with E-state index in [0.717, 1.165) is 0 Å². The van der Waals surface area contributed by atoms with Crippen LogP contribution in [0, 0.1) is 5.92 Å². The van der Waals surface area contributed by atoms with Crippen LogP contribution in [0.5, 0.6) is 0 Å².